The monoisotopic (exact) mass is 295 g/mol. The van der Waals surface area contributed by atoms with Gasteiger partial charge >= 0.3 is 0 Å². The highest BCUT2D eigenvalue weighted by Gasteiger charge is 2.11. The van der Waals surface area contributed by atoms with E-state index in [2.05, 4.69) is 20.4 Å². The number of rotatable bonds is 3. The molecule has 0 amide bonds. The average molecular weight is 296 g/mol. The molecule has 2 aromatic heterocycles. The van der Waals surface area contributed by atoms with Crippen LogP contribution in [-0.4, -0.2) is 20.4 Å². The molecule has 0 radical (unpaired) electrons. The summed E-state index contributed by atoms with van der Waals surface area (Å²) >= 11 is 6.17. The molecule has 1 N–H and O–H groups in total. The number of aromatic nitrogens is 4. The summed E-state index contributed by atoms with van der Waals surface area (Å²) in [5.74, 6) is 0. The lowest BCUT2D eigenvalue weighted by Gasteiger charge is -2.05. The zero-order valence-electron chi connectivity index (χ0n) is 10.9. The topological polar surface area (TPSA) is 78.2 Å². The van der Waals surface area contributed by atoms with Crippen molar-refractivity contribution in [3.8, 4) is 17.3 Å². The van der Waals surface area contributed by atoms with Crippen molar-refractivity contribution in [2.24, 2.45) is 0 Å². The van der Waals surface area contributed by atoms with E-state index >= 15 is 0 Å². The van der Waals surface area contributed by atoms with Crippen LogP contribution in [0.3, 0.4) is 0 Å². The first-order chi connectivity index (χ1) is 10.3. The van der Waals surface area contributed by atoms with Gasteiger partial charge in [-0.25, -0.2) is 0 Å². The highest BCUT2D eigenvalue weighted by molar-refractivity contribution is 6.31. The molecule has 6 heteroatoms. The van der Waals surface area contributed by atoms with Gasteiger partial charge in [0.15, 0.2) is 5.69 Å². The molecule has 21 heavy (non-hydrogen) atoms. The molecule has 0 bridgehead atoms. The number of nitrogens with one attached hydrogen (secondary N) is 1. The molecule has 0 saturated heterocycles. The van der Waals surface area contributed by atoms with Crippen LogP contribution in [0.25, 0.3) is 11.3 Å². The minimum atomic E-state index is 0.254. The number of pyridine rings is 1. The number of nitriles is 1. The molecule has 0 atom stereocenters. The van der Waals surface area contributed by atoms with Crippen molar-refractivity contribution in [3.63, 3.8) is 0 Å². The highest BCUT2D eigenvalue weighted by atomic mass is 35.5. The molecule has 1 aromatic carbocycles. The molecule has 102 valence electrons. The Morgan fingerprint density at radius 1 is 1.19 bits per heavy atom. The van der Waals surface area contributed by atoms with Crippen molar-refractivity contribution in [1.29, 1.82) is 5.26 Å². The molecule has 3 aromatic rings. The smallest absolute Gasteiger partial charge is 0.190 e. The lowest BCUT2D eigenvalue weighted by Crippen LogP contribution is -1.91. The first-order valence-electron chi connectivity index (χ1n) is 6.26. The van der Waals surface area contributed by atoms with Crippen LogP contribution in [0.2, 0.25) is 5.02 Å². The zero-order valence-corrected chi connectivity index (χ0v) is 11.7. The molecular weight excluding hydrogens is 286 g/mol. The van der Waals surface area contributed by atoms with E-state index < -0.39 is 0 Å². The largest absolute Gasteiger partial charge is 0.264 e. The number of benzene rings is 1. The predicted molar refractivity (Wildman–Crippen MR) is 78.6 cm³/mol. The maximum atomic E-state index is 9.03. The second kappa shape index (κ2) is 5.73. The van der Waals surface area contributed by atoms with Crippen molar-refractivity contribution in [1.82, 2.24) is 20.4 Å². The van der Waals surface area contributed by atoms with E-state index in [0.717, 1.165) is 16.7 Å². The molecular formula is C15H10ClN5. The Kier molecular flexibility index (Phi) is 3.63. The Hall–Kier alpha value is -2.71. The van der Waals surface area contributed by atoms with Crippen LogP contribution < -0.4 is 0 Å². The normalized spacial score (nSPS) is 10.3. The second-order valence-corrected chi connectivity index (χ2v) is 4.96. The van der Waals surface area contributed by atoms with Crippen LogP contribution in [0.1, 0.15) is 16.8 Å². The fourth-order valence-electron chi connectivity index (χ4n) is 2.14. The van der Waals surface area contributed by atoms with Crippen molar-refractivity contribution < 1.29 is 0 Å². The summed E-state index contributed by atoms with van der Waals surface area (Å²) in [6.45, 7) is 0. The van der Waals surface area contributed by atoms with Gasteiger partial charge in [0.05, 0.1) is 0 Å². The van der Waals surface area contributed by atoms with Gasteiger partial charge in [-0.15, -0.1) is 5.10 Å². The standard InChI is InChI=1S/C15H10ClN5/c16-13-6-11(4-10-2-1-3-18-9-10)5-12(7-13)15-14(8-17)19-21-20-15/h1-3,5-7,9H,4H2,(H,19,20,21). The van der Waals surface area contributed by atoms with Gasteiger partial charge in [-0.2, -0.15) is 15.6 Å². The third-order valence-electron chi connectivity index (χ3n) is 3.02. The van der Waals surface area contributed by atoms with Gasteiger partial charge in [0.2, 0.25) is 0 Å². The van der Waals surface area contributed by atoms with Gasteiger partial charge < -0.3 is 0 Å². The van der Waals surface area contributed by atoms with Gasteiger partial charge in [-0.05, 0) is 41.8 Å². The van der Waals surface area contributed by atoms with Crippen molar-refractivity contribution in [2.75, 3.05) is 0 Å². The average Bonchev–Trinajstić information content (AvgIpc) is 2.96. The summed E-state index contributed by atoms with van der Waals surface area (Å²) in [6.07, 6.45) is 4.26. The summed E-state index contributed by atoms with van der Waals surface area (Å²) in [4.78, 5) is 4.10. The van der Waals surface area contributed by atoms with Crippen LogP contribution in [0, 0.1) is 11.3 Å². The first-order valence-corrected chi connectivity index (χ1v) is 6.63. The van der Waals surface area contributed by atoms with Crippen molar-refractivity contribution in [2.45, 2.75) is 6.42 Å². The van der Waals surface area contributed by atoms with E-state index in [1.807, 2.05) is 36.5 Å². The Balaban J connectivity index is 1.99. The van der Waals surface area contributed by atoms with E-state index in [0.29, 0.717) is 17.1 Å². The number of hydrogen-bond acceptors (Lipinski definition) is 4. The van der Waals surface area contributed by atoms with Gasteiger partial charge in [0.1, 0.15) is 11.8 Å². The molecule has 0 saturated carbocycles. The fourth-order valence-corrected chi connectivity index (χ4v) is 2.40. The quantitative estimate of drug-likeness (QED) is 0.805. The van der Waals surface area contributed by atoms with Crippen LogP contribution >= 0.6 is 11.6 Å². The number of hydrogen-bond donors (Lipinski definition) is 1. The fraction of sp³-hybridized carbons (Fsp3) is 0.0667. The molecule has 2 heterocycles. The molecule has 3 rings (SSSR count). The Morgan fingerprint density at radius 3 is 2.86 bits per heavy atom. The van der Waals surface area contributed by atoms with Crippen molar-refractivity contribution in [3.05, 3.63) is 64.6 Å². The Labute approximate surface area is 126 Å². The number of H-pyrrole nitrogens is 1. The first kappa shape index (κ1) is 13.3. The third kappa shape index (κ3) is 2.91. The van der Waals surface area contributed by atoms with Gasteiger partial charge in [-0.3, -0.25) is 4.98 Å². The maximum absolute atomic E-state index is 9.03. The SMILES string of the molecule is N#Cc1n[nH]nc1-c1cc(Cl)cc(Cc2cccnc2)c1. The Bertz CT molecular complexity index is 804. The summed E-state index contributed by atoms with van der Waals surface area (Å²) in [6, 6.07) is 11.5. The van der Waals surface area contributed by atoms with Crippen LogP contribution in [0.5, 0.6) is 0 Å². The lowest BCUT2D eigenvalue weighted by atomic mass is 10.0. The van der Waals surface area contributed by atoms with Crippen molar-refractivity contribution >= 4 is 11.6 Å². The highest BCUT2D eigenvalue weighted by Crippen LogP contribution is 2.26. The molecule has 5 nitrogen and oxygen atoms in total. The summed E-state index contributed by atoms with van der Waals surface area (Å²) in [5, 5.41) is 19.9. The molecule has 0 aliphatic carbocycles. The lowest BCUT2D eigenvalue weighted by molar-refractivity contribution is 0.937. The van der Waals surface area contributed by atoms with Gasteiger partial charge in [0, 0.05) is 23.0 Å². The van der Waals surface area contributed by atoms with E-state index in [1.54, 1.807) is 12.3 Å². The molecule has 0 unspecified atom stereocenters. The summed E-state index contributed by atoms with van der Waals surface area (Å²) < 4.78 is 0. The van der Waals surface area contributed by atoms with Gasteiger partial charge in [0.25, 0.3) is 0 Å². The summed E-state index contributed by atoms with van der Waals surface area (Å²) in [5.41, 5.74) is 3.65. The Morgan fingerprint density at radius 2 is 2.10 bits per heavy atom. The molecule has 0 fully saturated rings. The van der Waals surface area contributed by atoms with E-state index in [9.17, 15) is 0 Å². The predicted octanol–water partition coefficient (Wildman–Crippen LogP) is 2.98. The zero-order chi connectivity index (χ0) is 14.7. The van der Waals surface area contributed by atoms with Crippen LogP contribution in [-0.2, 0) is 6.42 Å². The van der Waals surface area contributed by atoms with E-state index in [4.69, 9.17) is 16.9 Å². The summed E-state index contributed by atoms with van der Waals surface area (Å²) in [7, 11) is 0. The number of aromatic amines is 1. The minimum absolute atomic E-state index is 0.254. The number of halogens is 1. The minimum Gasteiger partial charge on any atom is -0.264 e. The number of nitrogens with zero attached hydrogens (tertiary/aromatic N) is 4. The second-order valence-electron chi connectivity index (χ2n) is 4.52. The third-order valence-corrected chi connectivity index (χ3v) is 3.23. The molecule has 0 spiro atoms. The maximum Gasteiger partial charge on any atom is 0.190 e. The van der Waals surface area contributed by atoms with Crippen LogP contribution in [0.4, 0.5) is 0 Å². The molecule has 0 aliphatic heterocycles. The van der Waals surface area contributed by atoms with E-state index in [-0.39, 0.29) is 5.69 Å². The molecule has 0 aliphatic rings. The van der Waals surface area contributed by atoms with Crippen LogP contribution in [0.15, 0.2) is 42.7 Å². The van der Waals surface area contributed by atoms with E-state index in [1.165, 1.54) is 0 Å². The van der Waals surface area contributed by atoms with Gasteiger partial charge in [-0.1, -0.05) is 17.7 Å².